The van der Waals surface area contributed by atoms with Crippen molar-refractivity contribution in [2.24, 2.45) is 4.99 Å². The number of aromatic nitrogens is 1. The number of hydrogen-bond acceptors (Lipinski definition) is 11. The first-order chi connectivity index (χ1) is 14.4. The highest BCUT2D eigenvalue weighted by Gasteiger charge is 2.33. The summed E-state index contributed by atoms with van der Waals surface area (Å²) in [6.45, 7) is 0. The van der Waals surface area contributed by atoms with Gasteiger partial charge in [-0.3, -0.25) is 5.32 Å². The molecule has 1 aromatic carbocycles. The summed E-state index contributed by atoms with van der Waals surface area (Å²) in [4.78, 5) is 8.77. The summed E-state index contributed by atoms with van der Waals surface area (Å²) in [5.41, 5.74) is 13.3. The Balaban J connectivity index is 2.36. The van der Waals surface area contributed by atoms with E-state index in [4.69, 9.17) is 30.9 Å². The molecular weight excluding hydrogens is 456 g/mol. The number of ether oxygens (including phenoxy) is 3. The summed E-state index contributed by atoms with van der Waals surface area (Å²) < 4.78 is 16.9. The molecule has 0 amide bonds. The summed E-state index contributed by atoms with van der Waals surface area (Å²) in [6.07, 6.45) is 1.80. The monoisotopic (exact) mass is 472 g/mol. The fourth-order valence-electron chi connectivity index (χ4n) is 3.14. The summed E-state index contributed by atoms with van der Waals surface area (Å²) in [7, 11) is 4.46. The standard InChI is InChI=1S/C18H17BrN8O3/c1-28-9-4-7(11(19)15(30-3)14(9)29-2)13-10-12(22)8(5-20)16(23)26-17(10)27-18(25-13)24-6-21/h4,13H,1-3H3,(H6,22,23,24,25,26,27). The van der Waals surface area contributed by atoms with Gasteiger partial charge >= 0.3 is 0 Å². The molecule has 12 heteroatoms. The fraction of sp³-hybridized carbons (Fsp3) is 0.222. The lowest BCUT2D eigenvalue weighted by Gasteiger charge is -2.27. The van der Waals surface area contributed by atoms with Crippen molar-refractivity contribution in [3.63, 3.8) is 0 Å². The summed E-state index contributed by atoms with van der Waals surface area (Å²) >= 11 is 3.53. The van der Waals surface area contributed by atoms with Gasteiger partial charge in [-0.15, -0.1) is 0 Å². The van der Waals surface area contributed by atoms with Crippen molar-refractivity contribution in [3.8, 4) is 29.5 Å². The van der Waals surface area contributed by atoms with E-state index in [1.807, 2.05) is 6.07 Å². The lowest BCUT2D eigenvalue weighted by molar-refractivity contribution is 0.322. The lowest BCUT2D eigenvalue weighted by Crippen LogP contribution is -2.33. The number of nitrogens with two attached hydrogens (primary N) is 2. The Labute approximate surface area is 180 Å². The molecule has 1 atom stereocenters. The Kier molecular flexibility index (Phi) is 5.71. The zero-order valence-corrected chi connectivity index (χ0v) is 17.8. The van der Waals surface area contributed by atoms with E-state index in [9.17, 15) is 5.26 Å². The molecule has 2 aromatic rings. The number of nitrogens with zero attached hydrogens (tertiary/aromatic N) is 4. The Bertz CT molecular complexity index is 1140. The number of pyridine rings is 1. The zero-order valence-electron chi connectivity index (χ0n) is 16.2. The number of fused-ring (bicyclic) bond motifs is 1. The van der Waals surface area contributed by atoms with Crippen molar-refractivity contribution < 1.29 is 14.2 Å². The third-order valence-corrected chi connectivity index (χ3v) is 5.27. The molecule has 154 valence electrons. The number of nitrogen functional groups attached to an aromatic ring is 2. The highest BCUT2D eigenvalue weighted by molar-refractivity contribution is 9.10. The molecule has 0 aliphatic carbocycles. The van der Waals surface area contributed by atoms with Crippen molar-refractivity contribution >= 4 is 39.2 Å². The second-order valence-corrected chi connectivity index (χ2v) is 6.74. The summed E-state index contributed by atoms with van der Waals surface area (Å²) in [6, 6.07) is 2.88. The highest BCUT2D eigenvalue weighted by Crippen LogP contribution is 2.50. The van der Waals surface area contributed by atoms with Crippen molar-refractivity contribution in [3.05, 3.63) is 27.2 Å². The molecule has 0 saturated carbocycles. The van der Waals surface area contributed by atoms with Crippen molar-refractivity contribution in [2.45, 2.75) is 6.04 Å². The number of aliphatic imine (C=N–C) groups is 1. The van der Waals surface area contributed by atoms with Crippen molar-refractivity contribution in [1.29, 1.82) is 10.5 Å². The third kappa shape index (κ3) is 3.23. The van der Waals surface area contributed by atoms with Gasteiger partial charge in [-0.2, -0.15) is 10.5 Å². The molecule has 0 fully saturated rings. The van der Waals surface area contributed by atoms with Crippen LogP contribution in [0.3, 0.4) is 0 Å². The van der Waals surface area contributed by atoms with Crippen LogP contribution in [0.15, 0.2) is 15.5 Å². The van der Waals surface area contributed by atoms with Gasteiger partial charge in [0.25, 0.3) is 0 Å². The minimum atomic E-state index is -0.777. The molecule has 1 aliphatic rings. The van der Waals surface area contributed by atoms with Crippen LogP contribution in [-0.4, -0.2) is 32.3 Å². The van der Waals surface area contributed by atoms with Crippen LogP contribution < -0.4 is 36.3 Å². The van der Waals surface area contributed by atoms with E-state index in [1.165, 1.54) is 21.3 Å². The second kappa shape index (κ2) is 8.23. The van der Waals surface area contributed by atoms with Crippen LogP contribution in [0.25, 0.3) is 0 Å². The first-order valence-corrected chi connectivity index (χ1v) is 9.18. The number of methoxy groups -OCH3 is 3. The first-order valence-electron chi connectivity index (χ1n) is 8.38. The molecule has 1 aromatic heterocycles. The number of hydrogen-bond donors (Lipinski definition) is 4. The Hall–Kier alpha value is -3.90. The van der Waals surface area contributed by atoms with Gasteiger partial charge in [0, 0.05) is 11.1 Å². The molecule has 3 rings (SSSR count). The van der Waals surface area contributed by atoms with Crippen molar-refractivity contribution in [2.75, 3.05) is 38.1 Å². The second-order valence-electron chi connectivity index (χ2n) is 5.95. The minimum Gasteiger partial charge on any atom is -0.493 e. The molecule has 0 saturated heterocycles. The molecule has 0 spiro atoms. The quantitative estimate of drug-likeness (QED) is 0.379. The van der Waals surface area contributed by atoms with Gasteiger partial charge in [0.15, 0.2) is 17.7 Å². The Morgan fingerprint density at radius 1 is 1.17 bits per heavy atom. The van der Waals surface area contributed by atoms with Crippen LogP contribution in [0, 0.1) is 22.8 Å². The van der Waals surface area contributed by atoms with E-state index >= 15 is 0 Å². The third-order valence-electron chi connectivity index (χ3n) is 4.45. The molecule has 30 heavy (non-hydrogen) atoms. The number of nitriles is 2. The van der Waals surface area contributed by atoms with E-state index in [1.54, 1.807) is 12.3 Å². The molecule has 1 aliphatic heterocycles. The van der Waals surface area contributed by atoms with Gasteiger partial charge in [0.1, 0.15) is 29.3 Å². The molecule has 0 bridgehead atoms. The smallest absolute Gasteiger partial charge is 0.211 e. The Morgan fingerprint density at radius 2 is 1.87 bits per heavy atom. The number of benzene rings is 1. The number of nitrogens with one attached hydrogen (secondary N) is 2. The topological polar surface area (TPSA) is 177 Å². The predicted octanol–water partition coefficient (Wildman–Crippen LogP) is 1.85. The average Bonchev–Trinajstić information content (AvgIpc) is 2.73. The van der Waals surface area contributed by atoms with Gasteiger partial charge in [-0.05, 0) is 22.0 Å². The maximum Gasteiger partial charge on any atom is 0.211 e. The number of anilines is 3. The SMILES string of the molecule is COc1cc(C2N=C(NC#N)Nc3nc(N)c(C#N)c(N)c32)c(Br)c(OC)c1OC. The van der Waals surface area contributed by atoms with Crippen LogP contribution >= 0.6 is 15.9 Å². The van der Waals surface area contributed by atoms with Gasteiger partial charge in [0.05, 0.1) is 31.5 Å². The van der Waals surface area contributed by atoms with E-state index in [0.717, 1.165) is 0 Å². The Morgan fingerprint density at radius 3 is 2.43 bits per heavy atom. The lowest BCUT2D eigenvalue weighted by atomic mass is 9.94. The number of guanidine groups is 1. The van der Waals surface area contributed by atoms with Crippen LogP contribution in [0.5, 0.6) is 17.2 Å². The van der Waals surface area contributed by atoms with Gasteiger partial charge in [0.2, 0.25) is 11.7 Å². The van der Waals surface area contributed by atoms with E-state index < -0.39 is 6.04 Å². The predicted molar refractivity (Wildman–Crippen MR) is 113 cm³/mol. The van der Waals surface area contributed by atoms with Gasteiger partial charge in [-0.1, -0.05) is 0 Å². The molecule has 0 radical (unpaired) electrons. The summed E-state index contributed by atoms with van der Waals surface area (Å²) in [5, 5.41) is 23.8. The van der Waals surface area contributed by atoms with E-state index in [2.05, 4.69) is 36.5 Å². The highest BCUT2D eigenvalue weighted by atomic mass is 79.9. The normalized spacial score (nSPS) is 14.3. The molecular formula is C18H17BrN8O3. The fourth-order valence-corrected chi connectivity index (χ4v) is 3.82. The maximum atomic E-state index is 9.45. The molecule has 1 unspecified atom stereocenters. The van der Waals surface area contributed by atoms with Crippen LogP contribution in [0.1, 0.15) is 22.7 Å². The number of rotatable bonds is 4. The summed E-state index contributed by atoms with van der Waals surface area (Å²) in [5.74, 6) is 1.50. The van der Waals surface area contributed by atoms with Gasteiger partial charge in [-0.25, -0.2) is 9.98 Å². The van der Waals surface area contributed by atoms with Crippen molar-refractivity contribution in [1.82, 2.24) is 10.3 Å². The minimum absolute atomic E-state index is 0.0380. The van der Waals surface area contributed by atoms with Crippen LogP contribution in [0.2, 0.25) is 0 Å². The largest absolute Gasteiger partial charge is 0.493 e. The average molecular weight is 473 g/mol. The van der Waals surface area contributed by atoms with Crippen LogP contribution in [-0.2, 0) is 0 Å². The van der Waals surface area contributed by atoms with Crippen LogP contribution in [0.4, 0.5) is 17.3 Å². The maximum absolute atomic E-state index is 9.45. The number of halogens is 1. The van der Waals surface area contributed by atoms with E-state index in [-0.39, 0.29) is 28.8 Å². The molecule has 2 heterocycles. The zero-order chi connectivity index (χ0) is 22.0. The molecule has 11 nitrogen and oxygen atoms in total. The van der Waals surface area contributed by atoms with E-state index in [0.29, 0.717) is 32.8 Å². The first kappa shape index (κ1) is 20.8. The molecule has 6 N–H and O–H groups in total. The van der Waals surface area contributed by atoms with Gasteiger partial charge < -0.3 is 31.0 Å².